The largest absolute Gasteiger partial charge is 0.494 e. The predicted octanol–water partition coefficient (Wildman–Crippen LogP) is 3.94. The summed E-state index contributed by atoms with van der Waals surface area (Å²) in [6.45, 7) is 7.24. The molecule has 0 bridgehead atoms. The van der Waals surface area contributed by atoms with Crippen molar-refractivity contribution in [3.63, 3.8) is 0 Å². The highest BCUT2D eigenvalue weighted by atomic mass is 16.7. The Morgan fingerprint density at radius 2 is 1.73 bits per heavy atom. The Kier molecular flexibility index (Phi) is 6.74. The number of nitrogens with zero attached hydrogens (tertiary/aromatic N) is 2. The van der Waals surface area contributed by atoms with E-state index in [1.807, 2.05) is 41.3 Å². The lowest BCUT2D eigenvalue weighted by atomic mass is 10.1. The fraction of sp³-hybridized carbons (Fsp3) is 0.458. The summed E-state index contributed by atoms with van der Waals surface area (Å²) in [6.07, 6.45) is 3.42. The summed E-state index contributed by atoms with van der Waals surface area (Å²) in [4.78, 5) is 17.1. The summed E-state index contributed by atoms with van der Waals surface area (Å²) in [5, 5.41) is 0. The summed E-state index contributed by atoms with van der Waals surface area (Å²) in [5.41, 5.74) is 1.92. The number of ether oxygens (including phenoxy) is 3. The molecule has 30 heavy (non-hydrogen) atoms. The van der Waals surface area contributed by atoms with Crippen molar-refractivity contribution in [1.29, 1.82) is 0 Å². The van der Waals surface area contributed by atoms with Gasteiger partial charge in [0.2, 0.25) is 6.79 Å². The van der Waals surface area contributed by atoms with Crippen molar-refractivity contribution >= 4 is 5.91 Å². The van der Waals surface area contributed by atoms with Gasteiger partial charge in [-0.25, -0.2) is 0 Å². The van der Waals surface area contributed by atoms with Gasteiger partial charge in [-0.3, -0.25) is 9.69 Å². The number of carbonyl (C=O) groups is 1. The summed E-state index contributed by atoms with van der Waals surface area (Å²) in [5.74, 6) is 2.55. The van der Waals surface area contributed by atoms with Gasteiger partial charge in [0.25, 0.3) is 5.91 Å². The Balaban J connectivity index is 1.25. The number of unbranched alkanes of at least 4 members (excludes halogenated alkanes) is 2. The van der Waals surface area contributed by atoms with E-state index < -0.39 is 0 Å². The van der Waals surface area contributed by atoms with Crippen LogP contribution in [0.25, 0.3) is 0 Å². The monoisotopic (exact) mass is 410 g/mol. The van der Waals surface area contributed by atoms with E-state index in [2.05, 4.69) is 17.9 Å². The fourth-order valence-corrected chi connectivity index (χ4v) is 3.82. The highest BCUT2D eigenvalue weighted by Gasteiger charge is 2.23. The number of amides is 1. The van der Waals surface area contributed by atoms with Gasteiger partial charge in [0.15, 0.2) is 11.5 Å². The third-order valence-electron chi connectivity index (χ3n) is 5.62. The van der Waals surface area contributed by atoms with Crippen molar-refractivity contribution in [1.82, 2.24) is 9.80 Å². The normalized spacial score (nSPS) is 16.0. The van der Waals surface area contributed by atoms with Crippen LogP contribution in [0.5, 0.6) is 17.2 Å². The summed E-state index contributed by atoms with van der Waals surface area (Å²) in [7, 11) is 0. The van der Waals surface area contributed by atoms with Gasteiger partial charge in [-0.1, -0.05) is 25.8 Å². The number of fused-ring (bicyclic) bond motifs is 1. The molecule has 0 spiro atoms. The minimum Gasteiger partial charge on any atom is -0.494 e. The zero-order valence-electron chi connectivity index (χ0n) is 17.6. The van der Waals surface area contributed by atoms with Gasteiger partial charge in [0.1, 0.15) is 5.75 Å². The number of piperazine rings is 1. The quantitative estimate of drug-likeness (QED) is 0.617. The summed E-state index contributed by atoms with van der Waals surface area (Å²) >= 11 is 0. The molecule has 2 aliphatic heterocycles. The summed E-state index contributed by atoms with van der Waals surface area (Å²) < 4.78 is 16.6. The van der Waals surface area contributed by atoms with E-state index in [0.29, 0.717) is 6.79 Å². The van der Waals surface area contributed by atoms with E-state index in [-0.39, 0.29) is 5.91 Å². The summed E-state index contributed by atoms with van der Waals surface area (Å²) in [6, 6.07) is 13.6. The molecule has 0 unspecified atom stereocenters. The van der Waals surface area contributed by atoms with Crippen molar-refractivity contribution in [2.75, 3.05) is 39.6 Å². The van der Waals surface area contributed by atoms with E-state index in [1.54, 1.807) is 0 Å². The van der Waals surface area contributed by atoms with Crippen molar-refractivity contribution in [2.45, 2.75) is 32.7 Å². The molecule has 1 amide bonds. The van der Waals surface area contributed by atoms with Crippen molar-refractivity contribution in [3.05, 3.63) is 53.6 Å². The van der Waals surface area contributed by atoms with Crippen LogP contribution in [0.1, 0.15) is 42.1 Å². The maximum atomic E-state index is 12.8. The molecule has 1 saturated heterocycles. The Morgan fingerprint density at radius 1 is 0.967 bits per heavy atom. The van der Waals surface area contributed by atoms with Crippen LogP contribution in [0.3, 0.4) is 0 Å². The Labute approximate surface area is 178 Å². The molecule has 6 nitrogen and oxygen atoms in total. The molecule has 2 heterocycles. The molecule has 0 radical (unpaired) electrons. The molecule has 4 rings (SSSR count). The van der Waals surface area contributed by atoms with E-state index in [0.717, 1.165) is 68.6 Å². The van der Waals surface area contributed by atoms with Crippen LogP contribution in [0.15, 0.2) is 42.5 Å². The maximum absolute atomic E-state index is 12.8. The Morgan fingerprint density at radius 3 is 2.50 bits per heavy atom. The molecule has 1 fully saturated rings. The topological polar surface area (TPSA) is 51.2 Å². The van der Waals surface area contributed by atoms with Gasteiger partial charge in [-0.2, -0.15) is 0 Å². The molecule has 0 saturated carbocycles. The number of rotatable bonds is 8. The predicted molar refractivity (Wildman–Crippen MR) is 115 cm³/mol. The van der Waals surface area contributed by atoms with Crippen LogP contribution in [0.2, 0.25) is 0 Å². The first-order valence-corrected chi connectivity index (χ1v) is 10.9. The second kappa shape index (κ2) is 9.85. The van der Waals surface area contributed by atoms with Gasteiger partial charge in [0, 0.05) is 38.3 Å². The van der Waals surface area contributed by atoms with E-state index in [1.165, 1.54) is 18.4 Å². The lowest BCUT2D eigenvalue weighted by Gasteiger charge is -2.34. The lowest BCUT2D eigenvalue weighted by Crippen LogP contribution is -2.48. The van der Waals surface area contributed by atoms with Gasteiger partial charge in [0.05, 0.1) is 6.61 Å². The number of benzene rings is 2. The number of hydrogen-bond acceptors (Lipinski definition) is 5. The van der Waals surface area contributed by atoms with Gasteiger partial charge < -0.3 is 19.1 Å². The standard InChI is InChI=1S/C24H30N2O4/c1-2-3-4-15-28-21-8-6-20(7-9-21)24(27)26-13-11-25(12-14-26)17-19-5-10-22-23(16-19)30-18-29-22/h5-10,16H,2-4,11-15,17-18H2,1H3. The second-order valence-corrected chi connectivity index (χ2v) is 7.84. The molecular formula is C24H30N2O4. The van der Waals surface area contributed by atoms with Crippen molar-refractivity contribution < 1.29 is 19.0 Å². The number of carbonyl (C=O) groups excluding carboxylic acids is 1. The fourth-order valence-electron chi connectivity index (χ4n) is 3.82. The van der Waals surface area contributed by atoms with Gasteiger partial charge in [-0.05, 0) is 48.4 Å². The van der Waals surface area contributed by atoms with Crippen molar-refractivity contribution in [2.24, 2.45) is 0 Å². The second-order valence-electron chi connectivity index (χ2n) is 7.84. The van der Waals surface area contributed by atoms with Crippen LogP contribution in [0.4, 0.5) is 0 Å². The lowest BCUT2D eigenvalue weighted by molar-refractivity contribution is 0.0628. The average molecular weight is 411 g/mol. The highest BCUT2D eigenvalue weighted by Crippen LogP contribution is 2.32. The van der Waals surface area contributed by atoms with Crippen LogP contribution in [0, 0.1) is 0 Å². The first-order valence-electron chi connectivity index (χ1n) is 10.9. The van der Waals surface area contributed by atoms with Gasteiger partial charge >= 0.3 is 0 Å². The molecular weight excluding hydrogens is 380 g/mol. The molecule has 0 aromatic heterocycles. The van der Waals surface area contributed by atoms with Crippen LogP contribution >= 0.6 is 0 Å². The minimum atomic E-state index is 0.0928. The number of hydrogen-bond donors (Lipinski definition) is 0. The molecule has 0 atom stereocenters. The first kappa shape index (κ1) is 20.5. The SMILES string of the molecule is CCCCCOc1ccc(C(=O)N2CCN(Cc3ccc4c(c3)OCO4)CC2)cc1. The molecule has 0 aliphatic carbocycles. The molecule has 2 aromatic rings. The minimum absolute atomic E-state index is 0.0928. The molecule has 160 valence electrons. The zero-order chi connectivity index (χ0) is 20.8. The highest BCUT2D eigenvalue weighted by molar-refractivity contribution is 5.94. The third-order valence-corrected chi connectivity index (χ3v) is 5.62. The van der Waals surface area contributed by atoms with E-state index in [9.17, 15) is 4.79 Å². The van der Waals surface area contributed by atoms with Crippen LogP contribution in [-0.2, 0) is 6.54 Å². The van der Waals surface area contributed by atoms with Crippen LogP contribution < -0.4 is 14.2 Å². The van der Waals surface area contributed by atoms with Crippen LogP contribution in [-0.4, -0.2) is 55.3 Å². The van der Waals surface area contributed by atoms with E-state index in [4.69, 9.17) is 14.2 Å². The molecule has 6 heteroatoms. The van der Waals surface area contributed by atoms with E-state index >= 15 is 0 Å². The Bertz CT molecular complexity index is 845. The van der Waals surface area contributed by atoms with Crippen molar-refractivity contribution in [3.8, 4) is 17.2 Å². The molecule has 0 N–H and O–H groups in total. The molecule has 2 aromatic carbocycles. The van der Waals surface area contributed by atoms with Gasteiger partial charge in [-0.15, -0.1) is 0 Å². The third kappa shape index (κ3) is 5.05. The molecule has 2 aliphatic rings. The maximum Gasteiger partial charge on any atom is 0.253 e. The Hall–Kier alpha value is -2.73. The smallest absolute Gasteiger partial charge is 0.253 e. The zero-order valence-corrected chi connectivity index (χ0v) is 17.6. The first-order chi connectivity index (χ1) is 14.7. The average Bonchev–Trinajstić information content (AvgIpc) is 3.25.